The predicted octanol–water partition coefficient (Wildman–Crippen LogP) is 3.19. The Kier molecular flexibility index (Phi) is 5.62. The third-order valence-electron chi connectivity index (χ3n) is 4.25. The summed E-state index contributed by atoms with van der Waals surface area (Å²) in [5.41, 5.74) is 1.27. The maximum absolute atomic E-state index is 12.1. The fourth-order valence-electron chi connectivity index (χ4n) is 2.47. The van der Waals surface area contributed by atoms with E-state index in [0.29, 0.717) is 16.7 Å². The lowest BCUT2D eigenvalue weighted by Gasteiger charge is -2.17. The zero-order chi connectivity index (χ0) is 16.3. The first kappa shape index (κ1) is 17.0. The van der Waals surface area contributed by atoms with Gasteiger partial charge in [-0.25, -0.2) is 4.79 Å². The number of thiophene rings is 1. The van der Waals surface area contributed by atoms with Crippen molar-refractivity contribution in [2.24, 2.45) is 11.8 Å². The number of rotatable bonds is 5. The van der Waals surface area contributed by atoms with Crippen molar-refractivity contribution < 1.29 is 14.3 Å². The van der Waals surface area contributed by atoms with Crippen LogP contribution in [0.25, 0.3) is 0 Å². The lowest BCUT2D eigenvalue weighted by Crippen LogP contribution is -2.38. The third kappa shape index (κ3) is 4.32. The van der Waals surface area contributed by atoms with Crippen LogP contribution in [-0.2, 0) is 22.4 Å². The largest absolute Gasteiger partial charge is 0.451 e. The number of hydrogen-bond acceptors (Lipinski definition) is 4. The van der Waals surface area contributed by atoms with Gasteiger partial charge in [0.2, 0.25) is 0 Å². The Morgan fingerprint density at radius 2 is 2.14 bits per heavy atom. The lowest BCUT2D eigenvalue weighted by atomic mass is 9.90. The molecule has 122 valence electrons. The summed E-state index contributed by atoms with van der Waals surface area (Å²) in [5, 5.41) is 2.83. The summed E-state index contributed by atoms with van der Waals surface area (Å²) < 4.78 is 5.13. The minimum absolute atomic E-state index is 0.0711. The quantitative estimate of drug-likeness (QED) is 0.847. The molecule has 1 aromatic heterocycles. The van der Waals surface area contributed by atoms with Crippen LogP contribution in [0.2, 0.25) is 0 Å². The Labute approximate surface area is 136 Å². The number of ether oxygens (including phenoxy) is 1. The van der Waals surface area contributed by atoms with Crippen LogP contribution in [0.5, 0.6) is 0 Å². The summed E-state index contributed by atoms with van der Waals surface area (Å²) in [6, 6.07) is 2.01. The highest BCUT2D eigenvalue weighted by molar-refractivity contribution is 7.14. The smallest absolute Gasteiger partial charge is 0.348 e. The molecule has 0 spiro atoms. The van der Waals surface area contributed by atoms with Crippen molar-refractivity contribution in [3.8, 4) is 0 Å². The van der Waals surface area contributed by atoms with Gasteiger partial charge in [-0.05, 0) is 49.7 Å². The summed E-state index contributed by atoms with van der Waals surface area (Å²) in [5.74, 6) is 0.392. The summed E-state index contributed by atoms with van der Waals surface area (Å²) >= 11 is 1.51. The molecule has 1 amide bonds. The topological polar surface area (TPSA) is 55.4 Å². The van der Waals surface area contributed by atoms with Crippen LogP contribution in [-0.4, -0.2) is 24.5 Å². The molecule has 1 aromatic rings. The second kappa shape index (κ2) is 7.27. The van der Waals surface area contributed by atoms with Crippen molar-refractivity contribution in [2.75, 3.05) is 6.61 Å². The number of nitrogens with one attached hydrogen (secondary N) is 1. The van der Waals surface area contributed by atoms with Crippen molar-refractivity contribution in [3.63, 3.8) is 0 Å². The van der Waals surface area contributed by atoms with Crippen molar-refractivity contribution >= 4 is 23.2 Å². The van der Waals surface area contributed by atoms with Crippen LogP contribution < -0.4 is 5.32 Å². The Balaban J connectivity index is 1.86. The number of aryl methyl sites for hydroxylation is 1. The molecule has 1 heterocycles. The van der Waals surface area contributed by atoms with Gasteiger partial charge in [0.1, 0.15) is 4.88 Å². The monoisotopic (exact) mass is 323 g/mol. The molecule has 4 nitrogen and oxygen atoms in total. The molecule has 0 bridgehead atoms. The first-order valence-electron chi connectivity index (χ1n) is 7.95. The van der Waals surface area contributed by atoms with Crippen LogP contribution in [0.4, 0.5) is 0 Å². The van der Waals surface area contributed by atoms with Gasteiger partial charge in [-0.15, -0.1) is 11.3 Å². The van der Waals surface area contributed by atoms with Gasteiger partial charge in [-0.3, -0.25) is 4.79 Å². The van der Waals surface area contributed by atoms with Gasteiger partial charge < -0.3 is 10.1 Å². The Hall–Kier alpha value is -1.36. The van der Waals surface area contributed by atoms with Crippen LogP contribution >= 0.6 is 11.3 Å². The summed E-state index contributed by atoms with van der Waals surface area (Å²) in [4.78, 5) is 25.7. The number of esters is 1. The molecule has 0 aliphatic heterocycles. The average molecular weight is 323 g/mol. The Morgan fingerprint density at radius 1 is 1.41 bits per heavy atom. The number of amides is 1. The maximum Gasteiger partial charge on any atom is 0.348 e. The number of fused-ring (bicyclic) bond motifs is 1. The molecule has 0 saturated heterocycles. The van der Waals surface area contributed by atoms with E-state index < -0.39 is 0 Å². The van der Waals surface area contributed by atoms with E-state index in [1.165, 1.54) is 28.2 Å². The molecule has 5 heteroatoms. The highest BCUT2D eigenvalue weighted by Gasteiger charge is 2.22. The molecule has 0 radical (unpaired) electrons. The minimum atomic E-state index is -0.389. The highest BCUT2D eigenvalue weighted by atomic mass is 32.1. The molecular weight excluding hydrogens is 298 g/mol. The molecule has 1 aliphatic rings. The van der Waals surface area contributed by atoms with Crippen LogP contribution in [0.15, 0.2) is 6.07 Å². The molecular formula is C17H25NO3S. The van der Waals surface area contributed by atoms with E-state index >= 15 is 0 Å². The van der Waals surface area contributed by atoms with Crippen LogP contribution in [0.3, 0.4) is 0 Å². The normalized spacial score (nSPS) is 18.7. The first-order valence-corrected chi connectivity index (χ1v) is 8.76. The molecule has 0 fully saturated rings. The zero-order valence-corrected chi connectivity index (χ0v) is 14.6. The van der Waals surface area contributed by atoms with Gasteiger partial charge in [0.05, 0.1) is 0 Å². The summed E-state index contributed by atoms with van der Waals surface area (Å²) in [7, 11) is 0. The van der Waals surface area contributed by atoms with Gasteiger partial charge in [-0.2, -0.15) is 0 Å². The van der Waals surface area contributed by atoms with Gasteiger partial charge in [0.15, 0.2) is 6.61 Å². The molecule has 1 N–H and O–H groups in total. The van der Waals surface area contributed by atoms with Gasteiger partial charge in [-0.1, -0.05) is 20.8 Å². The van der Waals surface area contributed by atoms with E-state index in [2.05, 4.69) is 12.2 Å². The average Bonchev–Trinajstić information content (AvgIpc) is 2.87. The molecule has 2 atom stereocenters. The second-order valence-electron chi connectivity index (χ2n) is 6.58. The van der Waals surface area contributed by atoms with Crippen molar-refractivity contribution in [1.82, 2.24) is 5.32 Å². The standard InChI is InChI=1S/C17H25NO3S/c1-10(2)12(4)18-16(19)9-21-17(20)15-8-13-7-11(3)5-6-14(13)22-15/h8,10-12H,5-7,9H2,1-4H3,(H,18,19)/t11-,12-/m0/s1. The van der Waals surface area contributed by atoms with Gasteiger partial charge >= 0.3 is 5.97 Å². The number of hydrogen-bond donors (Lipinski definition) is 1. The number of carbonyl (C=O) groups excluding carboxylic acids is 2. The van der Waals surface area contributed by atoms with Crippen molar-refractivity contribution in [1.29, 1.82) is 0 Å². The lowest BCUT2D eigenvalue weighted by molar-refractivity contribution is -0.125. The zero-order valence-electron chi connectivity index (χ0n) is 13.8. The van der Waals surface area contributed by atoms with Crippen LogP contribution in [0.1, 0.15) is 54.2 Å². The van der Waals surface area contributed by atoms with Gasteiger partial charge in [0, 0.05) is 10.9 Å². The third-order valence-corrected chi connectivity index (χ3v) is 5.47. The fourth-order valence-corrected chi connectivity index (χ4v) is 3.57. The van der Waals surface area contributed by atoms with E-state index in [1.54, 1.807) is 0 Å². The SMILES string of the molecule is CC(C)[C@H](C)NC(=O)COC(=O)c1cc2c(s1)CC[C@H](C)C2. The summed E-state index contributed by atoms with van der Waals surface area (Å²) in [6.07, 6.45) is 3.25. The van der Waals surface area contributed by atoms with E-state index in [4.69, 9.17) is 4.74 Å². The van der Waals surface area contributed by atoms with Crippen molar-refractivity contribution in [2.45, 2.75) is 53.0 Å². The molecule has 0 saturated carbocycles. The molecule has 22 heavy (non-hydrogen) atoms. The molecule has 1 aliphatic carbocycles. The number of carbonyl (C=O) groups is 2. The van der Waals surface area contributed by atoms with Crippen LogP contribution in [0, 0.1) is 11.8 Å². The van der Waals surface area contributed by atoms with Gasteiger partial charge in [0.25, 0.3) is 5.91 Å². The Bertz CT molecular complexity index is 550. The maximum atomic E-state index is 12.1. The van der Waals surface area contributed by atoms with Crippen molar-refractivity contribution in [3.05, 3.63) is 21.4 Å². The molecule has 0 aromatic carbocycles. The highest BCUT2D eigenvalue weighted by Crippen LogP contribution is 2.32. The van der Waals surface area contributed by atoms with E-state index in [9.17, 15) is 9.59 Å². The molecule has 2 rings (SSSR count). The van der Waals surface area contributed by atoms with E-state index in [-0.39, 0.29) is 24.5 Å². The minimum Gasteiger partial charge on any atom is -0.451 e. The second-order valence-corrected chi connectivity index (χ2v) is 7.72. The first-order chi connectivity index (χ1) is 10.4. The fraction of sp³-hybridized carbons (Fsp3) is 0.647. The Morgan fingerprint density at radius 3 is 2.82 bits per heavy atom. The van der Waals surface area contributed by atoms with E-state index in [1.807, 2.05) is 26.8 Å². The predicted molar refractivity (Wildman–Crippen MR) is 88.2 cm³/mol. The molecule has 0 unspecified atom stereocenters. The summed E-state index contributed by atoms with van der Waals surface area (Å²) in [6.45, 7) is 8.04. The van der Waals surface area contributed by atoms with E-state index in [0.717, 1.165) is 12.8 Å².